The van der Waals surface area contributed by atoms with Crippen molar-refractivity contribution in [3.05, 3.63) is 60.2 Å². The fourth-order valence-corrected chi connectivity index (χ4v) is 4.50. The summed E-state index contributed by atoms with van der Waals surface area (Å²) in [7, 11) is 0. The molecule has 0 aliphatic carbocycles. The van der Waals surface area contributed by atoms with Gasteiger partial charge in [0.15, 0.2) is 0 Å². The molecular formula is C22H25N3OS. The Labute approximate surface area is 166 Å². The predicted octanol–water partition coefficient (Wildman–Crippen LogP) is 4.94. The first-order chi connectivity index (χ1) is 12.9. The molecule has 2 aromatic rings. The summed E-state index contributed by atoms with van der Waals surface area (Å²) >= 11 is 5.73. The number of rotatable bonds is 2. The normalized spacial score (nSPS) is 24.2. The highest BCUT2D eigenvalue weighted by molar-refractivity contribution is 7.80. The van der Waals surface area contributed by atoms with Crippen molar-refractivity contribution in [3.63, 3.8) is 0 Å². The number of para-hydroxylation sites is 1. The highest BCUT2D eigenvalue weighted by Crippen LogP contribution is 2.43. The van der Waals surface area contributed by atoms with Crippen LogP contribution < -0.4 is 10.2 Å². The van der Waals surface area contributed by atoms with E-state index in [0.29, 0.717) is 11.7 Å². The highest BCUT2D eigenvalue weighted by atomic mass is 32.1. The lowest BCUT2D eigenvalue weighted by molar-refractivity contribution is -0.0661. The van der Waals surface area contributed by atoms with Crippen molar-refractivity contribution in [3.8, 4) is 0 Å². The Balaban J connectivity index is 1.77. The topological polar surface area (TPSA) is 36.9 Å². The Morgan fingerprint density at radius 2 is 1.78 bits per heavy atom. The summed E-state index contributed by atoms with van der Waals surface area (Å²) in [5.74, 6) is 0.913. The summed E-state index contributed by atoms with van der Waals surface area (Å²) in [5, 5.41) is 4.15. The standard InChI is InChI=1S/C22H25N3OS/c1-16-9-11-18(12-10-16)25-20(27)24-19(23-17-7-5-4-6-8-17)22(25)13-14-26-21(2,3)15-22/h4-12H,13-15H2,1-3H3,(H,23,24,27). The minimum atomic E-state index is -0.329. The molecule has 2 aromatic carbocycles. The number of ether oxygens (including phenoxy) is 1. The molecule has 4 rings (SSSR count). The molecule has 1 unspecified atom stereocenters. The number of nitrogens with zero attached hydrogens (tertiary/aromatic N) is 2. The smallest absolute Gasteiger partial charge is 0.202 e. The zero-order valence-corrected chi connectivity index (χ0v) is 16.8. The first-order valence-electron chi connectivity index (χ1n) is 9.36. The van der Waals surface area contributed by atoms with E-state index in [1.807, 2.05) is 18.2 Å². The van der Waals surface area contributed by atoms with Gasteiger partial charge in [0.25, 0.3) is 0 Å². The number of hydrogen-bond donors (Lipinski definition) is 1. The first-order valence-corrected chi connectivity index (χ1v) is 9.77. The third kappa shape index (κ3) is 3.37. The maximum Gasteiger partial charge on any atom is 0.202 e. The summed E-state index contributed by atoms with van der Waals surface area (Å²) in [5.41, 5.74) is 2.75. The third-order valence-electron chi connectivity index (χ3n) is 5.32. The first kappa shape index (κ1) is 18.1. The quantitative estimate of drug-likeness (QED) is 0.750. The monoisotopic (exact) mass is 379 g/mol. The van der Waals surface area contributed by atoms with E-state index in [0.717, 1.165) is 30.1 Å². The second-order valence-corrected chi connectivity index (χ2v) is 8.34. The van der Waals surface area contributed by atoms with Gasteiger partial charge in [-0.15, -0.1) is 0 Å². The number of nitrogens with one attached hydrogen (secondary N) is 1. The van der Waals surface area contributed by atoms with Crippen LogP contribution in [0.3, 0.4) is 0 Å². The second kappa shape index (κ2) is 6.73. The molecule has 5 heteroatoms. The van der Waals surface area contributed by atoms with E-state index in [2.05, 4.69) is 67.4 Å². The number of aliphatic imine (C=N–C) groups is 1. The molecule has 0 amide bonds. The van der Waals surface area contributed by atoms with Gasteiger partial charge in [-0.2, -0.15) is 0 Å². The maximum absolute atomic E-state index is 6.04. The Bertz CT molecular complexity index is 876. The molecule has 0 aromatic heterocycles. The molecule has 2 aliphatic heterocycles. The van der Waals surface area contributed by atoms with Gasteiger partial charge in [0.05, 0.1) is 5.60 Å². The molecule has 0 bridgehead atoms. The summed E-state index contributed by atoms with van der Waals surface area (Å²) < 4.78 is 6.04. The van der Waals surface area contributed by atoms with E-state index >= 15 is 0 Å². The fraction of sp³-hybridized carbons (Fsp3) is 0.364. The molecule has 0 saturated carbocycles. The molecule has 27 heavy (non-hydrogen) atoms. The van der Waals surface area contributed by atoms with Crippen LogP contribution in [0, 0.1) is 6.92 Å². The Kier molecular flexibility index (Phi) is 4.52. The summed E-state index contributed by atoms with van der Waals surface area (Å²) in [6, 6.07) is 18.7. The molecule has 2 heterocycles. The highest BCUT2D eigenvalue weighted by Gasteiger charge is 2.53. The molecule has 1 saturated heterocycles. The van der Waals surface area contributed by atoms with Crippen LogP contribution in [0.25, 0.3) is 0 Å². The van der Waals surface area contributed by atoms with Gasteiger partial charge in [-0.05, 0) is 57.3 Å². The Hall–Kier alpha value is -2.24. The molecule has 1 fully saturated rings. The summed E-state index contributed by atoms with van der Waals surface area (Å²) in [6.07, 6.45) is 1.65. The lowest BCUT2D eigenvalue weighted by Crippen LogP contribution is -2.60. The zero-order valence-electron chi connectivity index (χ0n) is 16.0. The number of aryl methyl sites for hydroxylation is 1. The van der Waals surface area contributed by atoms with Crippen LogP contribution in [0.15, 0.2) is 59.6 Å². The minimum Gasteiger partial charge on any atom is -0.375 e. The second-order valence-electron chi connectivity index (χ2n) is 7.97. The maximum atomic E-state index is 6.04. The molecule has 1 N–H and O–H groups in total. The van der Waals surface area contributed by atoms with Crippen LogP contribution in [0.4, 0.5) is 11.4 Å². The van der Waals surface area contributed by atoms with Crippen LogP contribution >= 0.6 is 12.2 Å². The van der Waals surface area contributed by atoms with Gasteiger partial charge in [-0.1, -0.05) is 35.9 Å². The molecule has 2 aliphatic rings. The van der Waals surface area contributed by atoms with E-state index < -0.39 is 0 Å². The number of hydrogen-bond acceptors (Lipinski definition) is 3. The van der Waals surface area contributed by atoms with Crippen molar-refractivity contribution in [1.29, 1.82) is 0 Å². The molecular weight excluding hydrogens is 354 g/mol. The SMILES string of the molecule is Cc1ccc(N2C(=S)N=C(Nc3ccccc3)C23CCOC(C)(C)C3)cc1. The minimum absolute atomic E-state index is 0.250. The van der Waals surface area contributed by atoms with Crippen molar-refractivity contribution in [2.75, 3.05) is 16.8 Å². The Morgan fingerprint density at radius 3 is 2.44 bits per heavy atom. The van der Waals surface area contributed by atoms with Crippen molar-refractivity contribution in [2.45, 2.75) is 44.8 Å². The summed E-state index contributed by atoms with van der Waals surface area (Å²) in [4.78, 5) is 7.03. The molecule has 1 atom stereocenters. The van der Waals surface area contributed by atoms with E-state index in [4.69, 9.17) is 21.9 Å². The van der Waals surface area contributed by atoms with E-state index in [1.165, 1.54) is 5.56 Å². The van der Waals surface area contributed by atoms with Crippen LogP contribution in [0.5, 0.6) is 0 Å². The van der Waals surface area contributed by atoms with E-state index in [1.54, 1.807) is 0 Å². The summed E-state index contributed by atoms with van der Waals surface area (Å²) in [6.45, 7) is 7.05. The molecule has 1 spiro atoms. The van der Waals surface area contributed by atoms with Crippen molar-refractivity contribution in [2.24, 2.45) is 4.99 Å². The number of benzene rings is 2. The van der Waals surface area contributed by atoms with Gasteiger partial charge >= 0.3 is 0 Å². The zero-order chi connectivity index (χ0) is 19.1. The third-order valence-corrected chi connectivity index (χ3v) is 5.60. The predicted molar refractivity (Wildman–Crippen MR) is 116 cm³/mol. The van der Waals surface area contributed by atoms with Crippen molar-refractivity contribution < 1.29 is 4.74 Å². The number of anilines is 2. The largest absolute Gasteiger partial charge is 0.375 e. The number of amidine groups is 1. The van der Waals surface area contributed by atoms with Gasteiger partial charge in [0.1, 0.15) is 11.4 Å². The van der Waals surface area contributed by atoms with Gasteiger partial charge < -0.3 is 15.0 Å². The van der Waals surface area contributed by atoms with Gasteiger partial charge in [0.2, 0.25) is 5.11 Å². The fourth-order valence-electron chi connectivity index (χ4n) is 4.13. The van der Waals surface area contributed by atoms with Crippen LogP contribution in [0.2, 0.25) is 0 Å². The average molecular weight is 380 g/mol. The molecule has 140 valence electrons. The van der Waals surface area contributed by atoms with E-state index in [-0.39, 0.29) is 11.1 Å². The lowest BCUT2D eigenvalue weighted by atomic mass is 9.79. The average Bonchev–Trinajstić information content (AvgIpc) is 2.86. The van der Waals surface area contributed by atoms with Crippen molar-refractivity contribution in [1.82, 2.24) is 0 Å². The van der Waals surface area contributed by atoms with Gasteiger partial charge in [-0.25, -0.2) is 4.99 Å². The van der Waals surface area contributed by atoms with Gasteiger partial charge in [0, 0.05) is 30.8 Å². The van der Waals surface area contributed by atoms with Crippen LogP contribution in [-0.2, 0) is 4.74 Å². The van der Waals surface area contributed by atoms with Crippen LogP contribution in [0.1, 0.15) is 32.3 Å². The Morgan fingerprint density at radius 1 is 1.07 bits per heavy atom. The lowest BCUT2D eigenvalue weighted by Gasteiger charge is -2.48. The van der Waals surface area contributed by atoms with E-state index in [9.17, 15) is 0 Å². The van der Waals surface area contributed by atoms with Crippen LogP contribution in [-0.4, -0.2) is 28.7 Å². The van der Waals surface area contributed by atoms with Gasteiger partial charge in [-0.3, -0.25) is 0 Å². The van der Waals surface area contributed by atoms with Crippen molar-refractivity contribution >= 4 is 34.5 Å². The molecule has 4 nitrogen and oxygen atoms in total. The number of thiocarbonyl (C=S) groups is 1. The molecule has 0 radical (unpaired) electrons.